The van der Waals surface area contributed by atoms with E-state index in [-0.39, 0.29) is 17.9 Å². The molecule has 1 amide bonds. The minimum Gasteiger partial charge on any atom is -0.497 e. The molecule has 1 aromatic heterocycles. The van der Waals surface area contributed by atoms with Crippen LogP contribution in [0.25, 0.3) is 10.9 Å². The van der Waals surface area contributed by atoms with Crippen molar-refractivity contribution in [3.05, 3.63) is 29.5 Å². The molecule has 3 fully saturated rings. The number of fused-ring (bicyclic) bond motifs is 4. The molecular formula is C22H26N2O5. The van der Waals surface area contributed by atoms with Crippen molar-refractivity contribution in [2.75, 3.05) is 20.8 Å². The second kappa shape index (κ2) is 7.21. The van der Waals surface area contributed by atoms with Gasteiger partial charge in [-0.15, -0.1) is 0 Å². The Bertz CT molecular complexity index is 968. The summed E-state index contributed by atoms with van der Waals surface area (Å²) < 4.78 is 10.6. The minimum absolute atomic E-state index is 0.159. The molecule has 2 aliphatic heterocycles. The summed E-state index contributed by atoms with van der Waals surface area (Å²) in [6.07, 6.45) is 3.98. The fourth-order valence-corrected chi connectivity index (χ4v) is 5.75. The third-order valence-electron chi connectivity index (χ3n) is 6.84. The number of H-pyrrole nitrogens is 1. The second-order valence-electron chi connectivity index (χ2n) is 8.13. The lowest BCUT2D eigenvalue weighted by Crippen LogP contribution is -2.67. The van der Waals surface area contributed by atoms with E-state index in [2.05, 4.69) is 11.9 Å². The first-order valence-corrected chi connectivity index (χ1v) is 9.98. The molecule has 3 heterocycles. The third-order valence-corrected chi connectivity index (χ3v) is 6.84. The Morgan fingerprint density at radius 2 is 2.14 bits per heavy atom. The maximum Gasteiger partial charge on any atom is 0.319 e. The quantitative estimate of drug-likeness (QED) is 0.597. The summed E-state index contributed by atoms with van der Waals surface area (Å²) in [5.41, 5.74) is 0.623. The SMILES string of the molecule is CC[C@H]1CC2CN(C=O)C1[C@](C(=O)OC)(c1[nH]c3ccc(OC)cc3c1C=O)C2. The van der Waals surface area contributed by atoms with E-state index in [1.165, 1.54) is 7.11 Å². The molecule has 1 aliphatic carbocycles. The van der Waals surface area contributed by atoms with E-state index in [0.29, 0.717) is 35.4 Å². The standard InChI is InChI=1S/C22H26N2O5/c1-4-14-7-13-9-22(21(27)29-3,20(14)24(10-13)12-26)19-17(11-25)16-8-15(28-2)5-6-18(16)23-19/h5-6,8,11-14,20,23H,4,7,9-10H2,1-3H3/t13?,14-,20?,22+/m0/s1. The molecule has 1 N–H and O–H groups in total. The van der Waals surface area contributed by atoms with Crippen LogP contribution in [0.1, 0.15) is 42.2 Å². The van der Waals surface area contributed by atoms with Crippen molar-refractivity contribution >= 4 is 29.6 Å². The van der Waals surface area contributed by atoms with Gasteiger partial charge in [0.2, 0.25) is 6.41 Å². The summed E-state index contributed by atoms with van der Waals surface area (Å²) >= 11 is 0. The van der Waals surface area contributed by atoms with Gasteiger partial charge in [-0.05, 0) is 42.9 Å². The van der Waals surface area contributed by atoms with Gasteiger partial charge >= 0.3 is 5.97 Å². The Labute approximate surface area is 169 Å². The lowest BCUT2D eigenvalue weighted by atomic mass is 9.56. The Balaban J connectivity index is 2.01. The number of carbonyl (C=O) groups is 3. The number of carbonyl (C=O) groups excluding carboxylic acids is 3. The predicted octanol–water partition coefficient (Wildman–Crippen LogP) is 2.68. The summed E-state index contributed by atoms with van der Waals surface area (Å²) in [7, 11) is 2.93. The van der Waals surface area contributed by atoms with E-state index in [9.17, 15) is 14.4 Å². The number of methoxy groups -OCH3 is 2. The van der Waals surface area contributed by atoms with Gasteiger partial charge in [0.15, 0.2) is 6.29 Å². The maximum absolute atomic E-state index is 13.3. The van der Waals surface area contributed by atoms with Gasteiger partial charge in [0.1, 0.15) is 11.2 Å². The van der Waals surface area contributed by atoms with Crippen LogP contribution in [0.3, 0.4) is 0 Å². The number of aromatic amines is 1. The third kappa shape index (κ3) is 2.67. The van der Waals surface area contributed by atoms with Crippen molar-refractivity contribution in [1.82, 2.24) is 9.88 Å². The number of aldehydes is 1. The molecular weight excluding hydrogens is 372 g/mol. The van der Waals surface area contributed by atoms with E-state index in [1.54, 1.807) is 18.1 Å². The smallest absolute Gasteiger partial charge is 0.319 e. The summed E-state index contributed by atoms with van der Waals surface area (Å²) in [5.74, 6) is 0.560. The Kier molecular flexibility index (Phi) is 4.84. The molecule has 3 aliphatic rings. The molecule has 154 valence electrons. The fraction of sp³-hybridized carbons (Fsp3) is 0.500. The number of aromatic nitrogens is 1. The van der Waals surface area contributed by atoms with Crippen LogP contribution in [-0.4, -0.2) is 55.4 Å². The number of esters is 1. The zero-order valence-electron chi connectivity index (χ0n) is 16.9. The maximum atomic E-state index is 13.3. The molecule has 2 unspecified atom stereocenters. The van der Waals surface area contributed by atoms with E-state index in [0.717, 1.165) is 31.1 Å². The number of nitrogens with zero attached hydrogens (tertiary/aromatic N) is 1. The molecule has 2 saturated heterocycles. The zero-order valence-corrected chi connectivity index (χ0v) is 16.9. The highest BCUT2D eigenvalue weighted by molar-refractivity contribution is 6.02. The van der Waals surface area contributed by atoms with Gasteiger partial charge in [-0.25, -0.2) is 0 Å². The van der Waals surface area contributed by atoms with Gasteiger partial charge in [0, 0.05) is 28.7 Å². The number of amides is 1. The molecule has 1 aromatic carbocycles. The van der Waals surface area contributed by atoms with Crippen LogP contribution in [-0.2, 0) is 19.7 Å². The van der Waals surface area contributed by atoms with Crippen LogP contribution in [0.2, 0.25) is 0 Å². The summed E-state index contributed by atoms with van der Waals surface area (Å²) in [5, 5.41) is 0.699. The molecule has 29 heavy (non-hydrogen) atoms. The van der Waals surface area contributed by atoms with Crippen LogP contribution in [0.15, 0.2) is 18.2 Å². The second-order valence-corrected chi connectivity index (χ2v) is 8.13. The molecule has 4 atom stereocenters. The van der Waals surface area contributed by atoms with Gasteiger partial charge in [0.05, 0.1) is 20.3 Å². The molecule has 0 spiro atoms. The van der Waals surface area contributed by atoms with Crippen molar-refractivity contribution < 1.29 is 23.9 Å². The minimum atomic E-state index is -1.10. The van der Waals surface area contributed by atoms with Crippen LogP contribution in [0.4, 0.5) is 0 Å². The number of piperidine rings is 2. The molecule has 2 bridgehead atoms. The first kappa shape index (κ1) is 19.5. The molecule has 7 heteroatoms. The number of benzene rings is 1. The van der Waals surface area contributed by atoms with E-state index in [1.807, 2.05) is 12.1 Å². The summed E-state index contributed by atoms with van der Waals surface area (Å²) in [4.78, 5) is 42.6. The molecule has 7 nitrogen and oxygen atoms in total. The molecule has 2 aromatic rings. The van der Waals surface area contributed by atoms with Gasteiger partial charge in [-0.1, -0.05) is 13.3 Å². The van der Waals surface area contributed by atoms with E-state index in [4.69, 9.17) is 9.47 Å². The molecule has 1 saturated carbocycles. The van der Waals surface area contributed by atoms with Crippen LogP contribution < -0.4 is 4.74 Å². The average molecular weight is 398 g/mol. The van der Waals surface area contributed by atoms with Crippen LogP contribution in [0, 0.1) is 11.8 Å². The van der Waals surface area contributed by atoms with Crippen molar-refractivity contribution in [3.8, 4) is 5.75 Å². The lowest BCUT2D eigenvalue weighted by Gasteiger charge is -2.57. The van der Waals surface area contributed by atoms with Crippen LogP contribution >= 0.6 is 0 Å². The number of ether oxygens (including phenoxy) is 2. The summed E-state index contributed by atoms with van der Waals surface area (Å²) in [6, 6.07) is 5.09. The van der Waals surface area contributed by atoms with Gasteiger partial charge in [-0.2, -0.15) is 0 Å². The predicted molar refractivity (Wildman–Crippen MR) is 107 cm³/mol. The summed E-state index contributed by atoms with van der Waals surface area (Å²) in [6.45, 7) is 2.71. The Hall–Kier alpha value is -2.83. The Morgan fingerprint density at radius 1 is 1.34 bits per heavy atom. The van der Waals surface area contributed by atoms with Crippen LogP contribution in [0.5, 0.6) is 5.75 Å². The first-order chi connectivity index (χ1) is 14.0. The number of hydrogen-bond donors (Lipinski definition) is 1. The fourth-order valence-electron chi connectivity index (χ4n) is 5.75. The van der Waals surface area contributed by atoms with Gasteiger partial charge < -0.3 is 19.4 Å². The topological polar surface area (TPSA) is 88.7 Å². The molecule has 5 rings (SSSR count). The van der Waals surface area contributed by atoms with Crippen molar-refractivity contribution in [3.63, 3.8) is 0 Å². The highest BCUT2D eigenvalue weighted by Gasteiger charge is 2.62. The number of hydrogen-bond acceptors (Lipinski definition) is 5. The monoisotopic (exact) mass is 398 g/mol. The van der Waals surface area contributed by atoms with Crippen molar-refractivity contribution in [2.45, 2.75) is 37.6 Å². The molecule has 0 radical (unpaired) electrons. The highest BCUT2D eigenvalue weighted by Crippen LogP contribution is 2.53. The van der Waals surface area contributed by atoms with Crippen molar-refractivity contribution in [1.29, 1.82) is 0 Å². The van der Waals surface area contributed by atoms with Crippen molar-refractivity contribution in [2.24, 2.45) is 11.8 Å². The first-order valence-electron chi connectivity index (χ1n) is 9.98. The zero-order chi connectivity index (χ0) is 20.8. The largest absolute Gasteiger partial charge is 0.497 e. The normalized spacial score (nSPS) is 28.4. The van der Waals surface area contributed by atoms with E-state index >= 15 is 0 Å². The lowest BCUT2D eigenvalue weighted by molar-refractivity contribution is -0.164. The number of nitrogens with one attached hydrogen (secondary N) is 1. The average Bonchev–Trinajstić information content (AvgIpc) is 3.15. The van der Waals surface area contributed by atoms with Gasteiger partial charge in [0.25, 0.3) is 0 Å². The van der Waals surface area contributed by atoms with Gasteiger partial charge in [-0.3, -0.25) is 14.4 Å². The number of rotatable bonds is 6. The van der Waals surface area contributed by atoms with E-state index < -0.39 is 11.4 Å². The highest BCUT2D eigenvalue weighted by atomic mass is 16.5. The Morgan fingerprint density at radius 3 is 2.76 bits per heavy atom.